The Morgan fingerprint density at radius 2 is 1.50 bits per heavy atom. The monoisotopic (exact) mass is 402 g/mol. The Labute approximate surface area is 161 Å². The van der Waals surface area contributed by atoms with Crippen LogP contribution in [-0.2, 0) is 23.9 Å². The van der Waals surface area contributed by atoms with E-state index in [-0.39, 0.29) is 18.4 Å². The van der Waals surface area contributed by atoms with Crippen LogP contribution in [0.2, 0.25) is 0 Å². The highest BCUT2D eigenvalue weighted by Crippen LogP contribution is 2.21. The normalized spacial score (nSPS) is 12.4. The average molecular weight is 402 g/mol. The third-order valence-corrected chi connectivity index (χ3v) is 3.40. The molecule has 0 bridgehead atoms. The first-order valence-corrected chi connectivity index (χ1v) is 8.27. The highest BCUT2D eigenvalue weighted by atomic mass is 16.6. The lowest BCUT2D eigenvalue weighted by Crippen LogP contribution is -2.63. The maximum atomic E-state index is 12.3. The first-order valence-electron chi connectivity index (χ1n) is 8.27. The van der Waals surface area contributed by atoms with Gasteiger partial charge in [0.1, 0.15) is 11.6 Å². The number of carbonyl (C=O) groups excluding carboxylic acids is 2. The number of amides is 2. The summed E-state index contributed by atoms with van der Waals surface area (Å²) in [6.45, 7) is 9.49. The molecular weight excluding hydrogens is 376 g/mol. The third kappa shape index (κ3) is 8.06. The molecule has 11 nitrogen and oxygen atoms in total. The van der Waals surface area contributed by atoms with Gasteiger partial charge in [0.05, 0.1) is 0 Å². The van der Waals surface area contributed by atoms with Gasteiger partial charge in [-0.2, -0.15) is 0 Å². The van der Waals surface area contributed by atoms with E-state index in [1.165, 1.54) is 6.92 Å². The molecule has 5 N–H and O–H groups in total. The molecule has 0 aromatic carbocycles. The maximum Gasteiger partial charge on any atom is 0.408 e. The van der Waals surface area contributed by atoms with E-state index in [0.717, 1.165) is 0 Å². The molecule has 0 rings (SSSR count). The van der Waals surface area contributed by atoms with E-state index < -0.39 is 53.5 Å². The van der Waals surface area contributed by atoms with E-state index in [9.17, 15) is 34.2 Å². The van der Waals surface area contributed by atoms with E-state index in [4.69, 9.17) is 9.84 Å². The minimum atomic E-state index is -2.77. The van der Waals surface area contributed by atoms with Crippen molar-refractivity contribution in [2.75, 3.05) is 0 Å². The lowest BCUT2D eigenvalue weighted by molar-refractivity contribution is -0.161. The van der Waals surface area contributed by atoms with Crippen molar-refractivity contribution in [3.63, 3.8) is 0 Å². The van der Waals surface area contributed by atoms with Gasteiger partial charge in [0, 0.05) is 12.8 Å². The molecule has 0 heterocycles. The molecule has 0 aliphatic rings. The number of rotatable bonds is 10. The molecule has 11 heteroatoms. The molecule has 0 aliphatic carbocycles. The van der Waals surface area contributed by atoms with Gasteiger partial charge in [0.25, 0.3) is 0 Å². The Hall–Kier alpha value is -3.11. The third-order valence-electron chi connectivity index (χ3n) is 3.40. The first-order chi connectivity index (χ1) is 12.6. The standard InChI is InChI=1S/C17H26N2O9/c1-9(6-7-11(20)21)8-17(13(23)24,14(25)26)19-12(22)10(2)18-15(27)28-16(3,4)5/h10H,1,6-8H2,2-5H3,(H,18,27)(H,19,22)(H,20,21)(H,23,24)(H,25,26)/t10-/m0/s1. The van der Waals surface area contributed by atoms with E-state index in [1.54, 1.807) is 20.8 Å². The molecule has 0 unspecified atom stereocenters. The van der Waals surface area contributed by atoms with Crippen LogP contribution in [0.4, 0.5) is 4.79 Å². The van der Waals surface area contributed by atoms with Crippen LogP contribution >= 0.6 is 0 Å². The van der Waals surface area contributed by atoms with Crippen molar-refractivity contribution in [2.45, 2.75) is 64.1 Å². The van der Waals surface area contributed by atoms with Gasteiger partial charge in [-0.3, -0.25) is 9.59 Å². The molecular formula is C17H26N2O9. The fraction of sp³-hybridized carbons (Fsp3) is 0.588. The van der Waals surface area contributed by atoms with Crippen molar-refractivity contribution in [3.05, 3.63) is 12.2 Å². The summed E-state index contributed by atoms with van der Waals surface area (Å²) in [5.41, 5.74) is -3.59. The molecule has 0 aromatic heterocycles. The van der Waals surface area contributed by atoms with E-state index >= 15 is 0 Å². The minimum Gasteiger partial charge on any atom is -0.481 e. The maximum absolute atomic E-state index is 12.3. The van der Waals surface area contributed by atoms with Crippen molar-refractivity contribution >= 4 is 29.9 Å². The van der Waals surface area contributed by atoms with Crippen molar-refractivity contribution < 1.29 is 44.0 Å². The lowest BCUT2D eigenvalue weighted by Gasteiger charge is -2.29. The zero-order chi connectivity index (χ0) is 22.3. The molecule has 0 spiro atoms. The number of carboxylic acids is 3. The summed E-state index contributed by atoms with van der Waals surface area (Å²) in [7, 11) is 0. The minimum absolute atomic E-state index is 0.0141. The number of alkyl carbamates (subject to hydrolysis) is 1. The van der Waals surface area contributed by atoms with Gasteiger partial charge in [-0.15, -0.1) is 0 Å². The summed E-state index contributed by atoms with van der Waals surface area (Å²) in [5.74, 6) is -5.98. The van der Waals surface area contributed by atoms with Crippen LogP contribution in [0.1, 0.15) is 47.0 Å². The predicted octanol–water partition coefficient (Wildman–Crippen LogP) is 0.735. The van der Waals surface area contributed by atoms with Crippen molar-refractivity contribution in [1.82, 2.24) is 10.6 Å². The second kappa shape index (κ2) is 9.72. The Kier molecular flexibility index (Phi) is 8.64. The quantitative estimate of drug-likeness (QED) is 0.260. The molecule has 2 amide bonds. The van der Waals surface area contributed by atoms with Gasteiger partial charge >= 0.3 is 24.0 Å². The van der Waals surface area contributed by atoms with E-state index in [0.29, 0.717) is 0 Å². The zero-order valence-corrected chi connectivity index (χ0v) is 16.2. The Morgan fingerprint density at radius 1 is 1.00 bits per heavy atom. The SMILES string of the molecule is C=C(CCC(=O)O)CC(NC(=O)[C@H](C)NC(=O)OC(C)(C)C)(C(=O)O)C(=O)O. The summed E-state index contributed by atoms with van der Waals surface area (Å²) in [6, 6.07) is -1.31. The molecule has 0 saturated heterocycles. The van der Waals surface area contributed by atoms with E-state index in [1.807, 2.05) is 5.32 Å². The van der Waals surface area contributed by atoms with Crippen LogP contribution < -0.4 is 10.6 Å². The smallest absolute Gasteiger partial charge is 0.408 e. The summed E-state index contributed by atoms with van der Waals surface area (Å²) in [4.78, 5) is 57.9. The van der Waals surface area contributed by atoms with Crippen molar-refractivity contribution in [3.8, 4) is 0 Å². The Morgan fingerprint density at radius 3 is 1.89 bits per heavy atom. The Balaban J connectivity index is 5.33. The summed E-state index contributed by atoms with van der Waals surface area (Å²) < 4.78 is 4.97. The topological polar surface area (TPSA) is 179 Å². The molecule has 0 aromatic rings. The molecule has 0 saturated carbocycles. The average Bonchev–Trinajstić information content (AvgIpc) is 2.49. The molecule has 0 aliphatic heterocycles. The molecule has 0 radical (unpaired) electrons. The largest absolute Gasteiger partial charge is 0.481 e. The fourth-order valence-corrected chi connectivity index (χ4v) is 2.01. The van der Waals surface area contributed by atoms with Gasteiger partial charge in [-0.1, -0.05) is 12.2 Å². The second-order valence-electron chi connectivity index (χ2n) is 7.19. The predicted molar refractivity (Wildman–Crippen MR) is 95.6 cm³/mol. The zero-order valence-electron chi connectivity index (χ0n) is 16.2. The van der Waals surface area contributed by atoms with Crippen LogP contribution in [0.25, 0.3) is 0 Å². The Bertz CT molecular complexity index is 650. The molecule has 0 fully saturated rings. The van der Waals surface area contributed by atoms with Gasteiger partial charge in [0.2, 0.25) is 11.4 Å². The number of hydrogen-bond donors (Lipinski definition) is 5. The summed E-state index contributed by atoms with van der Waals surface area (Å²) >= 11 is 0. The molecule has 1 atom stereocenters. The number of nitrogens with one attached hydrogen (secondary N) is 2. The lowest BCUT2D eigenvalue weighted by atomic mass is 9.89. The number of hydrogen-bond acceptors (Lipinski definition) is 6. The van der Waals surface area contributed by atoms with E-state index in [2.05, 4.69) is 11.9 Å². The van der Waals surface area contributed by atoms with Gasteiger partial charge in [0.15, 0.2) is 0 Å². The van der Waals surface area contributed by atoms with Crippen LogP contribution in [0.3, 0.4) is 0 Å². The van der Waals surface area contributed by atoms with Crippen molar-refractivity contribution in [2.24, 2.45) is 0 Å². The van der Waals surface area contributed by atoms with Gasteiger partial charge < -0.3 is 30.7 Å². The van der Waals surface area contributed by atoms with Crippen LogP contribution in [-0.4, -0.2) is 62.4 Å². The van der Waals surface area contributed by atoms with Crippen LogP contribution in [0.15, 0.2) is 12.2 Å². The second-order valence-corrected chi connectivity index (χ2v) is 7.19. The number of aliphatic carboxylic acids is 3. The highest BCUT2D eigenvalue weighted by molar-refractivity contribution is 6.07. The highest BCUT2D eigenvalue weighted by Gasteiger charge is 2.49. The molecule has 158 valence electrons. The molecule has 28 heavy (non-hydrogen) atoms. The number of carbonyl (C=O) groups is 5. The summed E-state index contributed by atoms with van der Waals surface area (Å²) in [5, 5.41) is 31.6. The fourth-order valence-electron chi connectivity index (χ4n) is 2.01. The van der Waals surface area contributed by atoms with Gasteiger partial charge in [-0.25, -0.2) is 14.4 Å². The van der Waals surface area contributed by atoms with Crippen LogP contribution in [0, 0.1) is 0 Å². The first kappa shape index (κ1) is 24.9. The van der Waals surface area contributed by atoms with Crippen molar-refractivity contribution in [1.29, 1.82) is 0 Å². The summed E-state index contributed by atoms with van der Waals surface area (Å²) in [6.07, 6.45) is -2.22. The van der Waals surface area contributed by atoms with Crippen LogP contribution in [0.5, 0.6) is 0 Å². The number of ether oxygens (including phenoxy) is 1. The number of carboxylic acid groups (broad SMARTS) is 3. The van der Waals surface area contributed by atoms with Gasteiger partial charge in [-0.05, 0) is 34.1 Å².